The number of rotatable bonds is 4. The summed E-state index contributed by atoms with van der Waals surface area (Å²) in [5, 5.41) is 10.3. The first-order valence-electron chi connectivity index (χ1n) is 6.67. The molecular formula is C15H16N4O. The van der Waals surface area contributed by atoms with Crippen molar-refractivity contribution >= 4 is 11.0 Å². The van der Waals surface area contributed by atoms with Gasteiger partial charge in [0.25, 0.3) is 0 Å². The second kappa shape index (κ2) is 5.38. The Kier molecular flexibility index (Phi) is 3.43. The third kappa shape index (κ3) is 2.28. The molecule has 0 fully saturated rings. The summed E-state index contributed by atoms with van der Waals surface area (Å²) in [6.07, 6.45) is 4.51. The van der Waals surface area contributed by atoms with E-state index < -0.39 is 6.10 Å². The van der Waals surface area contributed by atoms with Gasteiger partial charge < -0.3 is 9.67 Å². The Bertz CT molecular complexity index is 708. The minimum absolute atomic E-state index is 0.432. The van der Waals surface area contributed by atoms with Crippen molar-refractivity contribution in [2.45, 2.75) is 26.0 Å². The van der Waals surface area contributed by atoms with Gasteiger partial charge in [0.05, 0.1) is 22.9 Å². The SMILES string of the molecule is CCn1c(CC(O)c2cnccn2)nc2ccccc21. The van der Waals surface area contributed by atoms with Crippen LogP contribution in [-0.4, -0.2) is 24.6 Å². The maximum atomic E-state index is 10.3. The van der Waals surface area contributed by atoms with Gasteiger partial charge >= 0.3 is 0 Å². The topological polar surface area (TPSA) is 63.8 Å². The highest BCUT2D eigenvalue weighted by Gasteiger charge is 2.16. The molecule has 2 heterocycles. The molecule has 1 aromatic carbocycles. The Balaban J connectivity index is 1.94. The molecule has 20 heavy (non-hydrogen) atoms. The number of para-hydroxylation sites is 2. The lowest BCUT2D eigenvalue weighted by molar-refractivity contribution is 0.169. The van der Waals surface area contributed by atoms with E-state index >= 15 is 0 Å². The molecular weight excluding hydrogens is 252 g/mol. The second-order valence-electron chi connectivity index (χ2n) is 4.61. The highest BCUT2D eigenvalue weighted by Crippen LogP contribution is 2.20. The molecule has 0 aliphatic rings. The van der Waals surface area contributed by atoms with Gasteiger partial charge in [0.2, 0.25) is 0 Å². The number of fused-ring (bicyclic) bond motifs is 1. The molecule has 1 N–H and O–H groups in total. The number of hydrogen-bond donors (Lipinski definition) is 1. The van der Waals surface area contributed by atoms with E-state index in [4.69, 9.17) is 0 Å². The smallest absolute Gasteiger partial charge is 0.112 e. The molecule has 0 spiro atoms. The minimum atomic E-state index is -0.689. The summed E-state index contributed by atoms with van der Waals surface area (Å²) in [4.78, 5) is 12.7. The normalized spacial score (nSPS) is 12.7. The molecule has 3 rings (SSSR count). The average Bonchev–Trinajstić information content (AvgIpc) is 2.85. The Hall–Kier alpha value is -2.27. The van der Waals surface area contributed by atoms with Crippen molar-refractivity contribution in [3.05, 3.63) is 54.4 Å². The third-order valence-electron chi connectivity index (χ3n) is 3.35. The summed E-state index contributed by atoms with van der Waals surface area (Å²) in [6, 6.07) is 8.00. The van der Waals surface area contributed by atoms with Gasteiger partial charge in [0.15, 0.2) is 0 Å². The van der Waals surface area contributed by atoms with Crippen LogP contribution in [-0.2, 0) is 13.0 Å². The van der Waals surface area contributed by atoms with Gasteiger partial charge in [0.1, 0.15) is 11.9 Å². The van der Waals surface area contributed by atoms with Gasteiger partial charge in [-0.3, -0.25) is 9.97 Å². The zero-order valence-corrected chi connectivity index (χ0v) is 11.3. The van der Waals surface area contributed by atoms with E-state index in [0.717, 1.165) is 23.4 Å². The van der Waals surface area contributed by atoms with Gasteiger partial charge in [-0.25, -0.2) is 4.98 Å². The zero-order chi connectivity index (χ0) is 13.9. The van der Waals surface area contributed by atoms with E-state index in [0.29, 0.717) is 12.1 Å². The van der Waals surface area contributed by atoms with Crippen molar-refractivity contribution < 1.29 is 5.11 Å². The van der Waals surface area contributed by atoms with Gasteiger partial charge in [-0.05, 0) is 19.1 Å². The number of imidazole rings is 1. The van der Waals surface area contributed by atoms with Crippen LogP contribution in [0.15, 0.2) is 42.9 Å². The fourth-order valence-electron chi connectivity index (χ4n) is 2.39. The predicted octanol–water partition coefficient (Wildman–Crippen LogP) is 2.12. The standard InChI is InChI=1S/C15H16N4O/c1-2-19-13-6-4-3-5-11(13)18-15(19)9-14(20)12-10-16-7-8-17-12/h3-8,10,14,20H,2,9H2,1H3. The molecule has 1 atom stereocenters. The number of nitrogens with zero attached hydrogens (tertiary/aromatic N) is 4. The summed E-state index contributed by atoms with van der Waals surface area (Å²) in [5.41, 5.74) is 2.62. The molecule has 0 aliphatic carbocycles. The summed E-state index contributed by atoms with van der Waals surface area (Å²) < 4.78 is 2.12. The fraction of sp³-hybridized carbons (Fsp3) is 0.267. The van der Waals surface area contributed by atoms with Gasteiger partial charge in [-0.1, -0.05) is 12.1 Å². The van der Waals surface area contributed by atoms with Crippen molar-refractivity contribution in [2.75, 3.05) is 0 Å². The number of aliphatic hydroxyl groups is 1. The molecule has 5 nitrogen and oxygen atoms in total. The van der Waals surface area contributed by atoms with Crippen molar-refractivity contribution in [3.63, 3.8) is 0 Å². The summed E-state index contributed by atoms with van der Waals surface area (Å²) in [7, 11) is 0. The molecule has 2 aromatic heterocycles. The summed E-state index contributed by atoms with van der Waals surface area (Å²) in [5.74, 6) is 0.867. The Morgan fingerprint density at radius 3 is 2.85 bits per heavy atom. The summed E-state index contributed by atoms with van der Waals surface area (Å²) in [6.45, 7) is 2.90. The van der Waals surface area contributed by atoms with Crippen molar-refractivity contribution in [3.8, 4) is 0 Å². The maximum Gasteiger partial charge on any atom is 0.112 e. The fourth-order valence-corrected chi connectivity index (χ4v) is 2.39. The van der Waals surface area contributed by atoms with Crippen LogP contribution in [0.4, 0.5) is 0 Å². The molecule has 0 radical (unpaired) electrons. The van der Waals surface area contributed by atoms with Gasteiger partial charge in [-0.2, -0.15) is 0 Å². The van der Waals surface area contributed by atoms with E-state index in [1.54, 1.807) is 18.6 Å². The van der Waals surface area contributed by atoms with Gasteiger partial charge in [-0.15, -0.1) is 0 Å². The molecule has 1 unspecified atom stereocenters. The Morgan fingerprint density at radius 1 is 1.25 bits per heavy atom. The largest absolute Gasteiger partial charge is 0.386 e. The number of aromatic nitrogens is 4. The van der Waals surface area contributed by atoms with Crippen LogP contribution in [0.5, 0.6) is 0 Å². The highest BCUT2D eigenvalue weighted by atomic mass is 16.3. The van der Waals surface area contributed by atoms with Crippen molar-refractivity contribution in [1.29, 1.82) is 0 Å². The van der Waals surface area contributed by atoms with Crippen LogP contribution in [0.1, 0.15) is 24.5 Å². The monoisotopic (exact) mass is 268 g/mol. The van der Waals surface area contributed by atoms with E-state index in [1.807, 2.05) is 24.3 Å². The first kappa shape index (κ1) is 12.7. The van der Waals surface area contributed by atoms with Crippen LogP contribution in [0.2, 0.25) is 0 Å². The quantitative estimate of drug-likeness (QED) is 0.787. The third-order valence-corrected chi connectivity index (χ3v) is 3.35. The molecule has 0 saturated heterocycles. The van der Waals surface area contributed by atoms with E-state index in [-0.39, 0.29) is 0 Å². The molecule has 102 valence electrons. The molecule has 0 saturated carbocycles. The lowest BCUT2D eigenvalue weighted by Crippen LogP contribution is -2.09. The van der Waals surface area contributed by atoms with Crippen LogP contribution in [0.3, 0.4) is 0 Å². The number of aryl methyl sites for hydroxylation is 1. The minimum Gasteiger partial charge on any atom is -0.386 e. The van der Waals surface area contributed by atoms with Crippen molar-refractivity contribution in [2.24, 2.45) is 0 Å². The Morgan fingerprint density at radius 2 is 2.10 bits per heavy atom. The van der Waals surface area contributed by atoms with Crippen LogP contribution >= 0.6 is 0 Å². The van der Waals surface area contributed by atoms with E-state index in [2.05, 4.69) is 26.4 Å². The lowest BCUT2D eigenvalue weighted by atomic mass is 10.2. The van der Waals surface area contributed by atoms with Gasteiger partial charge in [0, 0.05) is 25.4 Å². The molecule has 0 bridgehead atoms. The van der Waals surface area contributed by atoms with Crippen LogP contribution in [0.25, 0.3) is 11.0 Å². The van der Waals surface area contributed by atoms with Crippen molar-refractivity contribution in [1.82, 2.24) is 19.5 Å². The zero-order valence-electron chi connectivity index (χ0n) is 11.3. The van der Waals surface area contributed by atoms with E-state index in [9.17, 15) is 5.11 Å². The molecule has 3 aromatic rings. The van der Waals surface area contributed by atoms with Crippen LogP contribution < -0.4 is 0 Å². The molecule has 0 amide bonds. The lowest BCUT2D eigenvalue weighted by Gasteiger charge is -2.10. The maximum absolute atomic E-state index is 10.3. The highest BCUT2D eigenvalue weighted by molar-refractivity contribution is 5.75. The second-order valence-corrected chi connectivity index (χ2v) is 4.61. The Labute approximate surface area is 117 Å². The van der Waals surface area contributed by atoms with Crippen LogP contribution in [0, 0.1) is 0 Å². The number of aliphatic hydroxyl groups excluding tert-OH is 1. The summed E-state index contributed by atoms with van der Waals surface area (Å²) >= 11 is 0. The number of hydrogen-bond acceptors (Lipinski definition) is 4. The molecule has 0 aliphatic heterocycles. The average molecular weight is 268 g/mol. The molecule has 5 heteroatoms. The van der Waals surface area contributed by atoms with E-state index in [1.165, 1.54) is 0 Å². The first-order chi connectivity index (χ1) is 9.79. The number of benzene rings is 1. The first-order valence-corrected chi connectivity index (χ1v) is 6.67. The predicted molar refractivity (Wildman–Crippen MR) is 76.1 cm³/mol.